The average Bonchev–Trinajstić information content (AvgIpc) is 2.44. The molecule has 1 heterocycles. The number of anilines is 1. The summed E-state index contributed by atoms with van der Waals surface area (Å²) in [6, 6.07) is 6.35. The van der Waals surface area contributed by atoms with Gasteiger partial charge in [-0.15, -0.1) is 0 Å². The van der Waals surface area contributed by atoms with Crippen molar-refractivity contribution in [3.63, 3.8) is 0 Å². The van der Waals surface area contributed by atoms with E-state index in [0.29, 0.717) is 10.7 Å². The Balaban J connectivity index is 2.26. The Morgan fingerprint density at radius 3 is 2.86 bits per heavy atom. The number of piperidine rings is 1. The molecule has 1 amide bonds. The van der Waals surface area contributed by atoms with E-state index in [9.17, 15) is 9.59 Å². The van der Waals surface area contributed by atoms with Crippen molar-refractivity contribution in [3.8, 4) is 0 Å². The summed E-state index contributed by atoms with van der Waals surface area (Å²) in [7, 11) is 0. The molecule has 0 bridgehead atoms. The van der Waals surface area contributed by atoms with E-state index in [1.54, 1.807) is 24.3 Å². The number of carboxylic acids is 1. The summed E-state index contributed by atoms with van der Waals surface area (Å²) in [4.78, 5) is 25.1. The lowest BCUT2D eigenvalue weighted by Gasteiger charge is -2.33. The molecule has 2 N–H and O–H groups in total. The number of benzene rings is 1. The molecule has 1 aromatic carbocycles. The van der Waals surface area contributed by atoms with Crippen LogP contribution < -0.4 is 10.2 Å². The molecule has 1 aliphatic heterocycles. The molecule has 0 saturated carbocycles. The SMILES string of the molecule is CC1CCCNC1C(=O)N(CC(=O)O)c1cccc(Cl)c1. The fourth-order valence-electron chi connectivity index (χ4n) is 2.62. The molecule has 21 heavy (non-hydrogen) atoms. The second kappa shape index (κ2) is 6.91. The van der Waals surface area contributed by atoms with Gasteiger partial charge in [0.05, 0.1) is 6.04 Å². The van der Waals surface area contributed by atoms with Gasteiger partial charge in [0, 0.05) is 10.7 Å². The number of amides is 1. The third-order valence-electron chi connectivity index (χ3n) is 3.71. The van der Waals surface area contributed by atoms with Gasteiger partial charge in [0.15, 0.2) is 0 Å². The maximum atomic E-state index is 12.7. The van der Waals surface area contributed by atoms with Crippen LogP contribution in [0.5, 0.6) is 0 Å². The molecule has 2 rings (SSSR count). The summed E-state index contributed by atoms with van der Waals surface area (Å²) < 4.78 is 0. The van der Waals surface area contributed by atoms with Crippen LogP contribution in [0.1, 0.15) is 19.8 Å². The average molecular weight is 311 g/mol. The quantitative estimate of drug-likeness (QED) is 0.894. The number of hydrogen-bond acceptors (Lipinski definition) is 3. The minimum Gasteiger partial charge on any atom is -0.480 e. The number of carbonyl (C=O) groups is 2. The maximum absolute atomic E-state index is 12.7. The van der Waals surface area contributed by atoms with Crippen LogP contribution >= 0.6 is 11.6 Å². The van der Waals surface area contributed by atoms with Gasteiger partial charge in [-0.2, -0.15) is 0 Å². The topological polar surface area (TPSA) is 69.6 Å². The molecule has 1 aliphatic rings. The second-order valence-corrected chi connectivity index (χ2v) is 5.79. The van der Waals surface area contributed by atoms with E-state index in [-0.39, 0.29) is 24.4 Å². The fraction of sp³-hybridized carbons (Fsp3) is 0.467. The minimum absolute atomic E-state index is 0.182. The molecule has 2 atom stereocenters. The molecule has 0 aliphatic carbocycles. The van der Waals surface area contributed by atoms with Gasteiger partial charge < -0.3 is 10.4 Å². The summed E-state index contributed by atoms with van der Waals surface area (Å²) in [6.07, 6.45) is 1.99. The molecular weight excluding hydrogens is 292 g/mol. The number of carbonyl (C=O) groups excluding carboxylic acids is 1. The van der Waals surface area contributed by atoms with Crippen LogP contribution in [0.2, 0.25) is 5.02 Å². The molecule has 114 valence electrons. The van der Waals surface area contributed by atoms with Crippen molar-refractivity contribution in [3.05, 3.63) is 29.3 Å². The number of rotatable bonds is 4. The highest BCUT2D eigenvalue weighted by atomic mass is 35.5. The molecule has 0 radical (unpaired) electrons. The maximum Gasteiger partial charge on any atom is 0.323 e. The first kappa shape index (κ1) is 15.8. The van der Waals surface area contributed by atoms with Crippen LogP contribution in [-0.4, -0.2) is 36.1 Å². The molecule has 0 spiro atoms. The number of aliphatic carboxylic acids is 1. The molecular formula is C15H19ClN2O3. The lowest BCUT2D eigenvalue weighted by Crippen LogP contribution is -2.53. The first-order valence-corrected chi connectivity index (χ1v) is 7.39. The monoisotopic (exact) mass is 310 g/mol. The van der Waals surface area contributed by atoms with E-state index >= 15 is 0 Å². The van der Waals surface area contributed by atoms with E-state index in [1.807, 2.05) is 6.92 Å². The van der Waals surface area contributed by atoms with Crippen molar-refractivity contribution >= 4 is 29.2 Å². The van der Waals surface area contributed by atoms with Gasteiger partial charge in [-0.25, -0.2) is 0 Å². The highest BCUT2D eigenvalue weighted by Crippen LogP contribution is 2.23. The fourth-order valence-corrected chi connectivity index (χ4v) is 2.81. The summed E-state index contributed by atoms with van der Waals surface area (Å²) >= 11 is 5.94. The highest BCUT2D eigenvalue weighted by Gasteiger charge is 2.32. The zero-order valence-electron chi connectivity index (χ0n) is 11.9. The van der Waals surface area contributed by atoms with Crippen LogP contribution in [0.4, 0.5) is 5.69 Å². The Kier molecular flexibility index (Phi) is 5.20. The minimum atomic E-state index is -1.05. The van der Waals surface area contributed by atoms with Gasteiger partial charge in [0.1, 0.15) is 6.54 Å². The van der Waals surface area contributed by atoms with Crippen molar-refractivity contribution in [1.82, 2.24) is 5.32 Å². The summed E-state index contributed by atoms with van der Waals surface area (Å²) in [5.74, 6) is -1.08. The normalized spacial score (nSPS) is 21.8. The zero-order chi connectivity index (χ0) is 15.4. The van der Waals surface area contributed by atoms with Gasteiger partial charge in [0.2, 0.25) is 5.91 Å². The molecule has 2 unspecified atom stereocenters. The number of nitrogens with one attached hydrogen (secondary N) is 1. The second-order valence-electron chi connectivity index (χ2n) is 5.35. The van der Waals surface area contributed by atoms with Gasteiger partial charge in [0.25, 0.3) is 0 Å². The number of hydrogen-bond donors (Lipinski definition) is 2. The molecule has 5 nitrogen and oxygen atoms in total. The number of carboxylic acid groups (broad SMARTS) is 1. The Labute approximate surface area is 128 Å². The van der Waals surface area contributed by atoms with Gasteiger partial charge in [-0.1, -0.05) is 24.6 Å². The smallest absolute Gasteiger partial charge is 0.323 e. The third kappa shape index (κ3) is 3.95. The zero-order valence-corrected chi connectivity index (χ0v) is 12.6. The Morgan fingerprint density at radius 1 is 1.48 bits per heavy atom. The van der Waals surface area contributed by atoms with Gasteiger partial charge in [-0.3, -0.25) is 14.5 Å². The van der Waals surface area contributed by atoms with Crippen molar-refractivity contribution in [2.24, 2.45) is 5.92 Å². The van der Waals surface area contributed by atoms with Gasteiger partial charge >= 0.3 is 5.97 Å². The standard InChI is InChI=1S/C15H19ClN2O3/c1-10-4-3-7-17-14(10)15(21)18(9-13(19)20)12-6-2-5-11(16)8-12/h2,5-6,8,10,14,17H,3-4,7,9H2,1H3,(H,19,20). The number of nitrogens with zero attached hydrogens (tertiary/aromatic N) is 1. The molecule has 6 heteroatoms. The number of halogens is 1. The summed E-state index contributed by atoms with van der Waals surface area (Å²) in [5.41, 5.74) is 0.509. The van der Waals surface area contributed by atoms with Crippen LogP contribution in [0.3, 0.4) is 0 Å². The van der Waals surface area contributed by atoms with E-state index in [2.05, 4.69) is 5.32 Å². The molecule has 0 aromatic heterocycles. The highest BCUT2D eigenvalue weighted by molar-refractivity contribution is 6.31. The van der Waals surface area contributed by atoms with Crippen molar-refractivity contribution in [1.29, 1.82) is 0 Å². The van der Waals surface area contributed by atoms with Gasteiger partial charge in [-0.05, 0) is 43.5 Å². The molecule has 1 saturated heterocycles. The van der Waals surface area contributed by atoms with Crippen molar-refractivity contribution in [2.75, 3.05) is 18.0 Å². The first-order valence-electron chi connectivity index (χ1n) is 7.01. The van der Waals surface area contributed by atoms with E-state index in [1.165, 1.54) is 4.90 Å². The predicted molar refractivity (Wildman–Crippen MR) is 81.6 cm³/mol. The lowest BCUT2D eigenvalue weighted by atomic mass is 9.91. The van der Waals surface area contributed by atoms with E-state index in [0.717, 1.165) is 19.4 Å². The first-order chi connectivity index (χ1) is 9.99. The van der Waals surface area contributed by atoms with E-state index < -0.39 is 5.97 Å². The lowest BCUT2D eigenvalue weighted by molar-refractivity contribution is -0.137. The summed E-state index contributed by atoms with van der Waals surface area (Å²) in [5, 5.41) is 12.7. The van der Waals surface area contributed by atoms with Crippen molar-refractivity contribution in [2.45, 2.75) is 25.8 Å². The van der Waals surface area contributed by atoms with Crippen LogP contribution in [0.15, 0.2) is 24.3 Å². The van der Waals surface area contributed by atoms with Crippen molar-refractivity contribution < 1.29 is 14.7 Å². The van der Waals surface area contributed by atoms with Crippen LogP contribution in [-0.2, 0) is 9.59 Å². The van der Waals surface area contributed by atoms with Crippen LogP contribution in [0.25, 0.3) is 0 Å². The Morgan fingerprint density at radius 2 is 2.24 bits per heavy atom. The van der Waals surface area contributed by atoms with Crippen LogP contribution in [0, 0.1) is 5.92 Å². The summed E-state index contributed by atoms with van der Waals surface area (Å²) in [6.45, 7) is 2.41. The Bertz CT molecular complexity index is 535. The van der Waals surface area contributed by atoms with E-state index in [4.69, 9.17) is 16.7 Å². The predicted octanol–water partition coefficient (Wildman–Crippen LogP) is 2.15. The third-order valence-corrected chi connectivity index (χ3v) is 3.95. The molecule has 1 aromatic rings. The Hall–Kier alpha value is -1.59. The largest absolute Gasteiger partial charge is 0.480 e. The molecule has 1 fully saturated rings.